The Morgan fingerprint density at radius 1 is 1.03 bits per heavy atom. The third-order valence-electron chi connectivity index (χ3n) is 6.80. The van der Waals surface area contributed by atoms with E-state index in [4.69, 9.17) is 0 Å². The highest BCUT2D eigenvalue weighted by atomic mass is 16.2. The van der Waals surface area contributed by atoms with Gasteiger partial charge in [0.15, 0.2) is 0 Å². The Balaban J connectivity index is 1.35. The Morgan fingerprint density at radius 2 is 1.71 bits per heavy atom. The topological polar surface area (TPSA) is 105 Å². The van der Waals surface area contributed by atoms with Crippen LogP contribution < -0.4 is 16.2 Å². The third kappa shape index (κ3) is 3.40. The predicted molar refractivity (Wildman–Crippen MR) is 126 cm³/mol. The summed E-state index contributed by atoms with van der Waals surface area (Å²) in [7, 11) is 1.72. The number of hydrogen-bond acceptors (Lipinski definition) is 4. The van der Waals surface area contributed by atoms with Gasteiger partial charge < -0.3 is 10.6 Å². The summed E-state index contributed by atoms with van der Waals surface area (Å²) >= 11 is 0. The van der Waals surface area contributed by atoms with Crippen molar-refractivity contribution in [2.24, 2.45) is 7.05 Å². The molecule has 1 fully saturated rings. The Morgan fingerprint density at radius 3 is 2.44 bits per heavy atom. The number of carbonyl (C=O) groups is 3. The minimum atomic E-state index is -1.03. The number of nitrogens with one attached hydrogen (secondary N) is 2. The van der Waals surface area contributed by atoms with Crippen molar-refractivity contribution in [3.63, 3.8) is 0 Å². The highest BCUT2D eigenvalue weighted by molar-refractivity contribution is 6.10. The van der Waals surface area contributed by atoms with Gasteiger partial charge in [-0.1, -0.05) is 42.5 Å². The number of aryl methyl sites for hydroxylation is 1. The SMILES string of the molecule is Cc1c(NC(=O)CN2C(=O)N[C@@]3(CCc4ccccc4C3)C2=O)c(=O)n(-c2ccccc2)n1C. The lowest BCUT2D eigenvalue weighted by Crippen LogP contribution is -2.51. The van der Waals surface area contributed by atoms with Crippen molar-refractivity contribution in [2.75, 3.05) is 11.9 Å². The highest BCUT2D eigenvalue weighted by Gasteiger charge is 2.52. The predicted octanol–water partition coefficient (Wildman–Crippen LogP) is 1.90. The van der Waals surface area contributed by atoms with Crippen molar-refractivity contribution in [3.8, 4) is 5.69 Å². The molecule has 2 aromatic carbocycles. The lowest BCUT2D eigenvalue weighted by molar-refractivity contribution is -0.134. The maximum atomic E-state index is 13.3. The number of carbonyl (C=O) groups excluding carboxylic acids is 3. The summed E-state index contributed by atoms with van der Waals surface area (Å²) in [5.41, 5.74) is 2.10. The van der Waals surface area contributed by atoms with E-state index in [0.29, 0.717) is 30.6 Å². The summed E-state index contributed by atoms with van der Waals surface area (Å²) in [5, 5.41) is 5.44. The van der Waals surface area contributed by atoms with Gasteiger partial charge in [0.05, 0.1) is 11.4 Å². The van der Waals surface area contributed by atoms with Crippen LogP contribution in [0.4, 0.5) is 10.5 Å². The van der Waals surface area contributed by atoms with E-state index in [-0.39, 0.29) is 5.69 Å². The Hall–Kier alpha value is -4.14. The number of nitrogens with zero attached hydrogens (tertiary/aromatic N) is 3. The lowest BCUT2D eigenvalue weighted by atomic mass is 9.78. The van der Waals surface area contributed by atoms with Crippen LogP contribution in [0.3, 0.4) is 0 Å². The van der Waals surface area contributed by atoms with Gasteiger partial charge in [-0.05, 0) is 43.0 Å². The van der Waals surface area contributed by atoms with Gasteiger partial charge in [-0.3, -0.25) is 24.0 Å². The van der Waals surface area contributed by atoms with Crippen molar-refractivity contribution in [1.82, 2.24) is 19.6 Å². The van der Waals surface area contributed by atoms with Crippen LogP contribution in [0.5, 0.6) is 0 Å². The van der Waals surface area contributed by atoms with Crippen molar-refractivity contribution in [2.45, 2.75) is 31.7 Å². The van der Waals surface area contributed by atoms with Crippen LogP contribution in [-0.2, 0) is 29.5 Å². The standard InChI is InChI=1S/C25H25N5O4/c1-16-21(22(32)30(28(16)2)19-10-4-3-5-11-19)26-20(31)15-29-23(33)25(27-24(29)34)13-12-17-8-6-7-9-18(17)14-25/h3-11H,12-15H2,1-2H3,(H,26,31)(H,27,34)/t25-/m1/s1. The monoisotopic (exact) mass is 459 g/mol. The molecule has 2 N–H and O–H groups in total. The maximum absolute atomic E-state index is 13.3. The molecule has 1 aliphatic heterocycles. The molecule has 3 aromatic rings. The number of hydrogen-bond donors (Lipinski definition) is 2. The number of aromatic nitrogens is 2. The van der Waals surface area contributed by atoms with E-state index in [1.165, 1.54) is 10.2 Å². The first kappa shape index (κ1) is 21.7. The summed E-state index contributed by atoms with van der Waals surface area (Å²) in [4.78, 5) is 52.8. The molecule has 1 saturated heterocycles. The van der Waals surface area contributed by atoms with E-state index in [2.05, 4.69) is 10.6 Å². The molecule has 0 saturated carbocycles. The van der Waals surface area contributed by atoms with Crippen LogP contribution >= 0.6 is 0 Å². The van der Waals surface area contributed by atoms with E-state index in [9.17, 15) is 19.2 Å². The maximum Gasteiger partial charge on any atom is 0.325 e. The van der Waals surface area contributed by atoms with E-state index in [0.717, 1.165) is 10.5 Å². The third-order valence-corrected chi connectivity index (χ3v) is 6.80. The number of anilines is 1. The smallest absolute Gasteiger partial charge is 0.323 e. The van der Waals surface area contributed by atoms with E-state index in [1.54, 1.807) is 30.8 Å². The zero-order chi connectivity index (χ0) is 24.0. The molecular formula is C25H25N5O4. The van der Waals surface area contributed by atoms with Crippen molar-refractivity contribution < 1.29 is 14.4 Å². The summed E-state index contributed by atoms with van der Waals surface area (Å²) in [6, 6.07) is 16.3. The fourth-order valence-corrected chi connectivity index (χ4v) is 4.88. The van der Waals surface area contributed by atoms with Crippen LogP contribution in [-0.4, -0.2) is 44.2 Å². The Bertz CT molecular complexity index is 1370. The number of fused-ring (bicyclic) bond motifs is 1. The molecule has 174 valence electrons. The van der Waals surface area contributed by atoms with Gasteiger partial charge in [0.2, 0.25) is 5.91 Å². The van der Waals surface area contributed by atoms with E-state index in [1.807, 2.05) is 42.5 Å². The molecule has 9 heteroatoms. The first-order chi connectivity index (χ1) is 16.3. The lowest BCUT2D eigenvalue weighted by Gasteiger charge is -2.32. The van der Waals surface area contributed by atoms with Gasteiger partial charge in [-0.15, -0.1) is 0 Å². The molecular weight excluding hydrogens is 434 g/mol. The zero-order valence-electron chi connectivity index (χ0n) is 19.0. The van der Waals surface area contributed by atoms with Crippen LogP contribution in [0.15, 0.2) is 59.4 Å². The molecule has 4 amide bonds. The molecule has 1 spiro atoms. The van der Waals surface area contributed by atoms with Gasteiger partial charge in [0, 0.05) is 13.5 Å². The van der Waals surface area contributed by atoms with Crippen LogP contribution in [0.25, 0.3) is 5.69 Å². The first-order valence-corrected chi connectivity index (χ1v) is 11.2. The molecule has 1 aromatic heterocycles. The molecule has 1 atom stereocenters. The molecule has 2 heterocycles. The molecule has 0 bridgehead atoms. The average molecular weight is 460 g/mol. The zero-order valence-corrected chi connectivity index (χ0v) is 19.0. The molecule has 9 nitrogen and oxygen atoms in total. The second-order valence-electron chi connectivity index (χ2n) is 8.83. The molecule has 34 heavy (non-hydrogen) atoms. The van der Waals surface area contributed by atoms with Gasteiger partial charge in [0.1, 0.15) is 17.8 Å². The molecule has 0 radical (unpaired) electrons. The fraction of sp³-hybridized carbons (Fsp3) is 0.280. The summed E-state index contributed by atoms with van der Waals surface area (Å²) in [5.74, 6) is -1.02. The Labute approximate surface area is 196 Å². The van der Waals surface area contributed by atoms with Crippen molar-refractivity contribution in [3.05, 3.63) is 81.8 Å². The van der Waals surface area contributed by atoms with Crippen LogP contribution in [0.1, 0.15) is 23.2 Å². The van der Waals surface area contributed by atoms with E-state index >= 15 is 0 Å². The molecule has 0 unspecified atom stereocenters. The largest absolute Gasteiger partial charge is 0.325 e. The molecule has 5 rings (SSSR count). The second kappa shape index (κ2) is 8.02. The first-order valence-electron chi connectivity index (χ1n) is 11.2. The Kier molecular flexibility index (Phi) is 5.11. The quantitative estimate of drug-likeness (QED) is 0.582. The molecule has 1 aliphatic carbocycles. The number of para-hydroxylation sites is 1. The number of amides is 4. The second-order valence-corrected chi connectivity index (χ2v) is 8.83. The summed E-state index contributed by atoms with van der Waals surface area (Å²) in [6.45, 7) is 1.26. The van der Waals surface area contributed by atoms with Gasteiger partial charge in [-0.25, -0.2) is 9.48 Å². The van der Waals surface area contributed by atoms with Crippen LogP contribution in [0, 0.1) is 6.92 Å². The van der Waals surface area contributed by atoms with Gasteiger partial charge >= 0.3 is 6.03 Å². The van der Waals surface area contributed by atoms with Crippen LogP contribution in [0.2, 0.25) is 0 Å². The minimum Gasteiger partial charge on any atom is -0.323 e. The minimum absolute atomic E-state index is 0.115. The number of benzene rings is 2. The van der Waals surface area contributed by atoms with Gasteiger partial charge in [-0.2, -0.15) is 0 Å². The normalized spacial score (nSPS) is 19.3. The fourth-order valence-electron chi connectivity index (χ4n) is 4.88. The van der Waals surface area contributed by atoms with E-state index < -0.39 is 35.5 Å². The molecule has 2 aliphatic rings. The van der Waals surface area contributed by atoms with Gasteiger partial charge in [0.25, 0.3) is 11.5 Å². The van der Waals surface area contributed by atoms with Crippen molar-refractivity contribution in [1.29, 1.82) is 0 Å². The average Bonchev–Trinajstić information content (AvgIpc) is 3.18. The van der Waals surface area contributed by atoms with Crippen molar-refractivity contribution >= 4 is 23.5 Å². The highest BCUT2D eigenvalue weighted by Crippen LogP contribution is 2.33. The summed E-state index contributed by atoms with van der Waals surface area (Å²) in [6.07, 6.45) is 1.54. The number of rotatable bonds is 4. The number of imide groups is 1. The number of urea groups is 1. The summed E-state index contributed by atoms with van der Waals surface area (Å²) < 4.78 is 3.10.